The first kappa shape index (κ1) is 16.9. The van der Waals surface area contributed by atoms with Crippen LogP contribution in [0.15, 0.2) is 43.2 Å². The fourth-order valence-electron chi connectivity index (χ4n) is 1.37. The number of unbranched alkanes of at least 4 members (excludes halogenated alkanes) is 1. The van der Waals surface area contributed by atoms with Gasteiger partial charge < -0.3 is 9.84 Å². The van der Waals surface area contributed by atoms with Crippen molar-refractivity contribution in [2.45, 2.75) is 32.6 Å². The molecule has 0 fully saturated rings. The van der Waals surface area contributed by atoms with Gasteiger partial charge in [-0.1, -0.05) is 36.9 Å². The molecule has 1 aromatic rings. The topological polar surface area (TPSA) is 63.6 Å². The van der Waals surface area contributed by atoms with Gasteiger partial charge in [-0.3, -0.25) is 9.59 Å². The maximum absolute atomic E-state index is 10.2. The number of esters is 1. The van der Waals surface area contributed by atoms with Crippen molar-refractivity contribution in [3.8, 4) is 0 Å². The monoisotopic (exact) mass is 264 g/mol. The molecule has 0 heterocycles. The molecule has 0 spiro atoms. The minimum absolute atomic E-state index is 0.285. The fourth-order valence-corrected chi connectivity index (χ4v) is 1.37. The van der Waals surface area contributed by atoms with E-state index < -0.39 is 5.97 Å². The lowest BCUT2D eigenvalue weighted by Crippen LogP contribution is -1.94. The SMILES string of the molecule is C=COC(C)=O.O=C(O)CCCCc1ccccc1. The van der Waals surface area contributed by atoms with E-state index in [4.69, 9.17) is 5.11 Å². The van der Waals surface area contributed by atoms with Crippen LogP contribution in [-0.4, -0.2) is 17.0 Å². The minimum atomic E-state index is -0.701. The summed E-state index contributed by atoms with van der Waals surface area (Å²) in [6, 6.07) is 10.1. The molecular formula is C15H20O4. The summed E-state index contributed by atoms with van der Waals surface area (Å²) in [5.74, 6) is -1.03. The lowest BCUT2D eigenvalue weighted by molar-refractivity contribution is -0.137. The number of ether oxygens (including phenoxy) is 1. The molecule has 1 rings (SSSR count). The summed E-state index contributed by atoms with van der Waals surface area (Å²) in [4.78, 5) is 20.0. The Kier molecular flexibility index (Phi) is 9.80. The molecule has 1 aromatic carbocycles. The zero-order valence-corrected chi connectivity index (χ0v) is 11.2. The molecule has 0 saturated heterocycles. The number of carboxylic acid groups (broad SMARTS) is 1. The van der Waals surface area contributed by atoms with E-state index in [0.29, 0.717) is 0 Å². The lowest BCUT2D eigenvalue weighted by atomic mass is 10.1. The van der Waals surface area contributed by atoms with Crippen molar-refractivity contribution >= 4 is 11.9 Å². The number of carbonyl (C=O) groups excluding carboxylic acids is 1. The Bertz CT molecular complexity index is 384. The van der Waals surface area contributed by atoms with Gasteiger partial charge >= 0.3 is 11.9 Å². The molecule has 0 bridgehead atoms. The quantitative estimate of drug-likeness (QED) is 0.487. The number of carboxylic acids is 1. The first-order chi connectivity index (χ1) is 9.06. The van der Waals surface area contributed by atoms with Gasteiger partial charge in [-0.2, -0.15) is 0 Å². The molecule has 0 aliphatic heterocycles. The Labute approximate surface area is 113 Å². The van der Waals surface area contributed by atoms with Crippen molar-refractivity contribution in [1.82, 2.24) is 0 Å². The van der Waals surface area contributed by atoms with Crippen LogP contribution in [0.2, 0.25) is 0 Å². The third-order valence-electron chi connectivity index (χ3n) is 2.20. The normalized spacial score (nSPS) is 8.89. The molecule has 0 atom stereocenters. The highest BCUT2D eigenvalue weighted by Gasteiger charge is 1.96. The molecule has 0 unspecified atom stereocenters. The number of aryl methyl sites for hydroxylation is 1. The minimum Gasteiger partial charge on any atom is -0.481 e. The van der Waals surface area contributed by atoms with Crippen LogP contribution >= 0.6 is 0 Å². The molecule has 1 N–H and O–H groups in total. The van der Waals surface area contributed by atoms with Gasteiger partial charge in [0, 0.05) is 13.3 Å². The Morgan fingerprint density at radius 1 is 1.26 bits per heavy atom. The van der Waals surface area contributed by atoms with E-state index in [1.807, 2.05) is 18.2 Å². The standard InChI is InChI=1S/C11H14O2.C4H6O2/c12-11(13)9-5-4-8-10-6-2-1-3-7-10;1-3-6-4(2)5/h1-3,6-7H,4-5,8-9H2,(H,12,13);3H,1H2,2H3. The number of hydrogen-bond acceptors (Lipinski definition) is 3. The number of aliphatic carboxylic acids is 1. The molecule has 4 heteroatoms. The predicted molar refractivity (Wildman–Crippen MR) is 73.6 cm³/mol. The second-order valence-electron chi connectivity index (χ2n) is 3.86. The summed E-state index contributed by atoms with van der Waals surface area (Å²) in [6.07, 6.45) is 4.09. The first-order valence-corrected chi connectivity index (χ1v) is 6.10. The Morgan fingerprint density at radius 3 is 2.32 bits per heavy atom. The van der Waals surface area contributed by atoms with Gasteiger partial charge in [0.25, 0.3) is 0 Å². The summed E-state index contributed by atoms with van der Waals surface area (Å²) in [7, 11) is 0. The van der Waals surface area contributed by atoms with Crippen molar-refractivity contribution in [3.05, 3.63) is 48.7 Å². The van der Waals surface area contributed by atoms with Gasteiger partial charge in [0.15, 0.2) is 0 Å². The molecule has 0 radical (unpaired) electrons. The summed E-state index contributed by atoms with van der Waals surface area (Å²) >= 11 is 0. The van der Waals surface area contributed by atoms with Crippen molar-refractivity contribution in [2.24, 2.45) is 0 Å². The van der Waals surface area contributed by atoms with Gasteiger partial charge in [-0.05, 0) is 24.8 Å². The predicted octanol–water partition coefficient (Wildman–Crippen LogP) is 3.18. The molecule has 0 aliphatic rings. The van der Waals surface area contributed by atoms with Crippen LogP contribution in [0.25, 0.3) is 0 Å². The second kappa shape index (κ2) is 11.0. The van der Waals surface area contributed by atoms with Gasteiger partial charge in [0.05, 0.1) is 6.26 Å². The highest BCUT2D eigenvalue weighted by atomic mass is 16.5. The zero-order valence-electron chi connectivity index (χ0n) is 11.2. The Hall–Kier alpha value is -2.10. The van der Waals surface area contributed by atoms with Gasteiger partial charge in [0.2, 0.25) is 0 Å². The second-order valence-corrected chi connectivity index (χ2v) is 3.86. The highest BCUT2D eigenvalue weighted by Crippen LogP contribution is 2.05. The first-order valence-electron chi connectivity index (χ1n) is 6.10. The summed E-state index contributed by atoms with van der Waals surface area (Å²) in [6.45, 7) is 4.48. The maximum atomic E-state index is 10.2. The van der Waals surface area contributed by atoms with E-state index in [9.17, 15) is 9.59 Å². The lowest BCUT2D eigenvalue weighted by Gasteiger charge is -1.98. The van der Waals surface area contributed by atoms with Crippen LogP contribution in [0.4, 0.5) is 0 Å². The molecule has 104 valence electrons. The molecule has 19 heavy (non-hydrogen) atoms. The summed E-state index contributed by atoms with van der Waals surface area (Å²) in [5, 5.41) is 8.41. The smallest absolute Gasteiger partial charge is 0.307 e. The number of rotatable bonds is 6. The Balaban J connectivity index is 0.000000459. The van der Waals surface area contributed by atoms with E-state index in [2.05, 4.69) is 23.4 Å². The number of carbonyl (C=O) groups is 2. The van der Waals surface area contributed by atoms with E-state index >= 15 is 0 Å². The third-order valence-corrected chi connectivity index (χ3v) is 2.20. The average Bonchev–Trinajstić information content (AvgIpc) is 2.36. The van der Waals surface area contributed by atoms with Crippen LogP contribution in [0.3, 0.4) is 0 Å². The van der Waals surface area contributed by atoms with Crippen LogP contribution in [0.5, 0.6) is 0 Å². The van der Waals surface area contributed by atoms with Gasteiger partial charge in [0.1, 0.15) is 0 Å². The molecule has 4 nitrogen and oxygen atoms in total. The molecular weight excluding hydrogens is 244 g/mol. The van der Waals surface area contributed by atoms with E-state index in [-0.39, 0.29) is 12.4 Å². The summed E-state index contributed by atoms with van der Waals surface area (Å²) < 4.78 is 4.17. The van der Waals surface area contributed by atoms with Crippen LogP contribution in [0.1, 0.15) is 31.7 Å². The van der Waals surface area contributed by atoms with E-state index in [1.54, 1.807) is 0 Å². The zero-order chi connectivity index (χ0) is 14.5. The Morgan fingerprint density at radius 2 is 1.89 bits per heavy atom. The largest absolute Gasteiger partial charge is 0.481 e. The van der Waals surface area contributed by atoms with Gasteiger partial charge in [-0.15, -0.1) is 0 Å². The molecule has 0 aromatic heterocycles. The third kappa shape index (κ3) is 12.2. The van der Waals surface area contributed by atoms with E-state index in [1.165, 1.54) is 12.5 Å². The molecule has 0 aliphatic carbocycles. The van der Waals surface area contributed by atoms with Crippen molar-refractivity contribution < 1.29 is 19.4 Å². The number of benzene rings is 1. The van der Waals surface area contributed by atoms with Crippen LogP contribution < -0.4 is 0 Å². The van der Waals surface area contributed by atoms with Crippen LogP contribution in [-0.2, 0) is 20.7 Å². The van der Waals surface area contributed by atoms with Crippen molar-refractivity contribution in [1.29, 1.82) is 0 Å². The molecule has 0 amide bonds. The number of hydrogen-bond donors (Lipinski definition) is 1. The van der Waals surface area contributed by atoms with Crippen molar-refractivity contribution in [3.63, 3.8) is 0 Å². The van der Waals surface area contributed by atoms with Gasteiger partial charge in [-0.25, -0.2) is 0 Å². The highest BCUT2D eigenvalue weighted by molar-refractivity contribution is 5.66. The average molecular weight is 264 g/mol. The maximum Gasteiger partial charge on any atom is 0.307 e. The molecule has 0 saturated carbocycles. The van der Waals surface area contributed by atoms with Crippen LogP contribution in [0, 0.1) is 0 Å². The fraction of sp³-hybridized carbons (Fsp3) is 0.333. The van der Waals surface area contributed by atoms with Crippen molar-refractivity contribution in [2.75, 3.05) is 0 Å². The summed E-state index contributed by atoms with van der Waals surface area (Å²) in [5.41, 5.74) is 1.29. The van der Waals surface area contributed by atoms with E-state index in [0.717, 1.165) is 25.5 Å².